The predicted octanol–water partition coefficient (Wildman–Crippen LogP) is -2.00. The molecule has 2 aliphatic rings. The summed E-state index contributed by atoms with van der Waals surface area (Å²) in [4.78, 5) is 12.9. The number of benzene rings is 4. The molecule has 1 atom stereocenters. The Morgan fingerprint density at radius 3 is 2.24 bits per heavy atom. The Kier molecular flexibility index (Phi) is 6.89. The van der Waals surface area contributed by atoms with Gasteiger partial charge in [-0.25, -0.2) is 4.79 Å². The normalized spacial score (nSPS) is 16.8. The van der Waals surface area contributed by atoms with Gasteiger partial charge in [-0.1, -0.05) is 66.2 Å². The van der Waals surface area contributed by atoms with Crippen molar-refractivity contribution in [1.29, 1.82) is 0 Å². The molecule has 5 nitrogen and oxygen atoms in total. The zero-order valence-electron chi connectivity index (χ0n) is 18.8. The Hall–Kier alpha value is -2.25. The number of fused-ring (bicyclic) bond motifs is 6. The second-order valence-corrected chi connectivity index (χ2v) is 7.99. The second-order valence-electron chi connectivity index (χ2n) is 7.99. The summed E-state index contributed by atoms with van der Waals surface area (Å²) in [7, 11) is 0. The van der Waals surface area contributed by atoms with Crippen LogP contribution in [0.2, 0.25) is 0 Å². The number of esters is 1. The molecule has 1 spiro atoms. The maximum absolute atomic E-state index is 12.9. The standard InChI is InChI=1S/C27H18O5.2Na/c28-18-10-11-21-24(14-18)31-25-15-23(29)17(12-16-6-2-1-3-7-16)13-22(25)27(21)20-9-5-4-8-19(20)26(30)32-27;;/h1-11,13-15,28-29H,12H2;;/q;2*+1/p-2. The molecule has 2 heterocycles. The summed E-state index contributed by atoms with van der Waals surface area (Å²) in [6, 6.07) is 24.5. The van der Waals surface area contributed by atoms with Crippen molar-refractivity contribution >= 4 is 5.97 Å². The van der Waals surface area contributed by atoms with E-state index < -0.39 is 11.6 Å². The van der Waals surface area contributed by atoms with Gasteiger partial charge in [-0.2, -0.15) is 0 Å². The summed E-state index contributed by atoms with van der Waals surface area (Å²) < 4.78 is 12.1. The van der Waals surface area contributed by atoms with Crippen LogP contribution in [0.15, 0.2) is 84.9 Å². The number of hydrogen-bond donors (Lipinski definition) is 0. The molecule has 0 saturated heterocycles. The molecule has 0 aromatic heterocycles. The van der Waals surface area contributed by atoms with Crippen LogP contribution >= 0.6 is 0 Å². The minimum Gasteiger partial charge on any atom is -0.872 e. The van der Waals surface area contributed by atoms with Gasteiger partial charge in [-0.3, -0.25) is 0 Å². The number of rotatable bonds is 2. The van der Waals surface area contributed by atoms with Crippen molar-refractivity contribution in [2.24, 2.45) is 0 Å². The third kappa shape index (κ3) is 3.77. The maximum atomic E-state index is 12.9. The van der Waals surface area contributed by atoms with E-state index >= 15 is 0 Å². The first kappa shape index (κ1) is 24.9. The number of ether oxygens (including phenoxy) is 2. The molecule has 0 aliphatic carbocycles. The van der Waals surface area contributed by atoms with Crippen LogP contribution in [0.5, 0.6) is 23.0 Å². The molecule has 156 valence electrons. The summed E-state index contributed by atoms with van der Waals surface area (Å²) in [6.07, 6.45) is 0.435. The van der Waals surface area contributed by atoms with Gasteiger partial charge < -0.3 is 19.7 Å². The topological polar surface area (TPSA) is 81.7 Å². The van der Waals surface area contributed by atoms with Gasteiger partial charge in [0.2, 0.25) is 0 Å². The average Bonchev–Trinajstić information content (AvgIpc) is 3.09. The maximum Gasteiger partial charge on any atom is 1.00 e. The Balaban J connectivity index is 0.00000137. The van der Waals surface area contributed by atoms with Crippen LogP contribution in [0.4, 0.5) is 0 Å². The number of carbonyl (C=O) groups is 1. The van der Waals surface area contributed by atoms with Gasteiger partial charge >= 0.3 is 65.1 Å². The van der Waals surface area contributed by atoms with Gasteiger partial charge in [0.05, 0.1) is 5.56 Å². The molecule has 0 bridgehead atoms. The van der Waals surface area contributed by atoms with Gasteiger partial charge in [-0.15, -0.1) is 11.5 Å². The van der Waals surface area contributed by atoms with E-state index in [1.165, 1.54) is 18.2 Å². The first-order valence-corrected chi connectivity index (χ1v) is 10.3. The summed E-state index contributed by atoms with van der Waals surface area (Å²) in [5.74, 6) is -0.300. The summed E-state index contributed by atoms with van der Waals surface area (Å²) in [5.41, 5.74) is 2.54. The fourth-order valence-corrected chi connectivity index (χ4v) is 4.68. The molecular formula is C27H16Na2O5. The fourth-order valence-electron chi connectivity index (χ4n) is 4.68. The van der Waals surface area contributed by atoms with Crippen LogP contribution < -0.4 is 74.1 Å². The van der Waals surface area contributed by atoms with Gasteiger partial charge in [0.25, 0.3) is 0 Å². The Morgan fingerprint density at radius 2 is 1.44 bits per heavy atom. The molecule has 0 fully saturated rings. The minimum absolute atomic E-state index is 0. The zero-order chi connectivity index (χ0) is 21.9. The van der Waals surface area contributed by atoms with E-state index in [0.29, 0.717) is 34.2 Å². The van der Waals surface area contributed by atoms with E-state index in [1.807, 2.05) is 42.5 Å². The molecule has 0 amide bonds. The minimum atomic E-state index is -1.29. The van der Waals surface area contributed by atoms with Crippen molar-refractivity contribution in [3.63, 3.8) is 0 Å². The van der Waals surface area contributed by atoms with E-state index in [1.54, 1.807) is 24.3 Å². The quantitative estimate of drug-likeness (QED) is 0.252. The molecule has 2 aliphatic heterocycles. The molecular weight excluding hydrogens is 450 g/mol. The molecule has 0 saturated carbocycles. The van der Waals surface area contributed by atoms with Crippen LogP contribution in [0.25, 0.3) is 0 Å². The third-order valence-corrected chi connectivity index (χ3v) is 6.10. The smallest absolute Gasteiger partial charge is 0.872 e. The van der Waals surface area contributed by atoms with E-state index in [9.17, 15) is 15.0 Å². The number of hydrogen-bond acceptors (Lipinski definition) is 5. The van der Waals surface area contributed by atoms with Crippen LogP contribution in [-0.2, 0) is 16.8 Å². The van der Waals surface area contributed by atoms with Crippen LogP contribution in [0, 0.1) is 0 Å². The molecule has 4 aromatic rings. The molecule has 0 N–H and O–H groups in total. The van der Waals surface area contributed by atoms with Gasteiger partial charge in [-0.05, 0) is 36.2 Å². The fraction of sp³-hybridized carbons (Fsp3) is 0.0741. The predicted molar refractivity (Wildman–Crippen MR) is 113 cm³/mol. The molecule has 7 heteroatoms. The SMILES string of the molecule is O=C1OC2(c3ccc([O-])cc3Oc3cc([O-])c(Cc4ccccc4)cc32)c2ccccc21.[Na+].[Na+]. The number of carbonyl (C=O) groups excluding carboxylic acids is 1. The molecule has 0 radical (unpaired) electrons. The van der Waals surface area contributed by atoms with Gasteiger partial charge in [0.1, 0.15) is 11.5 Å². The first-order valence-electron chi connectivity index (χ1n) is 10.3. The van der Waals surface area contributed by atoms with Crippen LogP contribution in [-0.4, -0.2) is 5.97 Å². The summed E-state index contributed by atoms with van der Waals surface area (Å²) in [6.45, 7) is 0. The Labute approximate surface area is 240 Å². The van der Waals surface area contributed by atoms with E-state index in [4.69, 9.17) is 9.47 Å². The first-order chi connectivity index (χ1) is 15.6. The van der Waals surface area contributed by atoms with Gasteiger partial charge in [0.15, 0.2) is 5.60 Å². The summed E-state index contributed by atoms with van der Waals surface area (Å²) >= 11 is 0. The van der Waals surface area contributed by atoms with Gasteiger partial charge in [0, 0.05) is 16.7 Å². The molecule has 34 heavy (non-hydrogen) atoms. The molecule has 4 aromatic carbocycles. The summed E-state index contributed by atoms with van der Waals surface area (Å²) in [5, 5.41) is 25.0. The van der Waals surface area contributed by atoms with Crippen LogP contribution in [0.3, 0.4) is 0 Å². The van der Waals surface area contributed by atoms with E-state index in [-0.39, 0.29) is 82.1 Å². The van der Waals surface area contributed by atoms with Crippen molar-refractivity contribution in [3.8, 4) is 23.0 Å². The average molecular weight is 466 g/mol. The second kappa shape index (κ2) is 9.42. The third-order valence-electron chi connectivity index (χ3n) is 6.10. The Bertz CT molecular complexity index is 1400. The van der Waals surface area contributed by atoms with Crippen molar-refractivity contribution in [3.05, 3.63) is 118 Å². The van der Waals surface area contributed by atoms with Crippen molar-refractivity contribution in [1.82, 2.24) is 0 Å². The Morgan fingerprint density at radius 1 is 0.735 bits per heavy atom. The van der Waals surface area contributed by atoms with Crippen molar-refractivity contribution < 1.29 is 83.6 Å². The zero-order valence-corrected chi connectivity index (χ0v) is 22.8. The molecule has 1 unspecified atom stereocenters. The van der Waals surface area contributed by atoms with Crippen molar-refractivity contribution in [2.75, 3.05) is 0 Å². The van der Waals surface area contributed by atoms with E-state index in [2.05, 4.69) is 0 Å². The monoisotopic (exact) mass is 466 g/mol. The van der Waals surface area contributed by atoms with Crippen LogP contribution in [0.1, 0.15) is 38.2 Å². The van der Waals surface area contributed by atoms with E-state index in [0.717, 1.165) is 5.56 Å². The molecule has 6 rings (SSSR count). The largest absolute Gasteiger partial charge is 1.00 e. The van der Waals surface area contributed by atoms with Crippen molar-refractivity contribution in [2.45, 2.75) is 12.0 Å².